The van der Waals surface area contributed by atoms with E-state index in [2.05, 4.69) is 15.9 Å². The molecule has 0 amide bonds. The van der Waals surface area contributed by atoms with E-state index in [4.69, 9.17) is 11.6 Å². The third kappa shape index (κ3) is 0.720. The number of rotatable bonds is 0. The normalized spacial score (nSPS) is 39.0. The van der Waals surface area contributed by atoms with Crippen LogP contribution in [0.4, 0.5) is 0 Å². The largest absolute Gasteiger partial charge is 1.00 e. The van der Waals surface area contributed by atoms with E-state index in [1.807, 2.05) is 0 Å². The summed E-state index contributed by atoms with van der Waals surface area (Å²) in [6, 6.07) is 0. The van der Waals surface area contributed by atoms with Crippen LogP contribution < -0.4 is 18.9 Å². The Morgan fingerprint density at radius 3 is 2.00 bits per heavy atom. The van der Waals surface area contributed by atoms with Gasteiger partial charge < -0.3 is 15.9 Å². The molecule has 0 aliphatic heterocycles. The van der Waals surface area contributed by atoms with Crippen LogP contribution in [0.25, 0.3) is 0 Å². The smallest absolute Gasteiger partial charge is 0.315 e. The Hall–Kier alpha value is 1.37. The van der Waals surface area contributed by atoms with E-state index in [9.17, 15) is 0 Å². The van der Waals surface area contributed by atoms with E-state index in [1.54, 1.807) is 0 Å². The predicted molar refractivity (Wildman–Crippen MR) is 33.5 cm³/mol. The molecule has 2 fully saturated rings. The van der Waals surface area contributed by atoms with Crippen LogP contribution in [0.1, 0.15) is 12.8 Å². The average molecular weight is 187 g/mol. The Balaban J connectivity index is 0.000000320. The van der Waals surface area contributed by atoms with Crippen molar-refractivity contribution in [2.24, 2.45) is 5.41 Å². The van der Waals surface area contributed by atoms with Crippen molar-refractivity contribution in [1.29, 1.82) is 0 Å². The molecule has 1 atom stereocenters. The van der Waals surface area contributed by atoms with Gasteiger partial charge in [0.05, 0.1) is 0 Å². The minimum atomic E-state index is 0. The Bertz CT molecular complexity index is 103. The molecule has 0 N–H and O–H groups in total. The third-order valence-electron chi connectivity index (χ3n) is 1.89. The predicted octanol–water partition coefficient (Wildman–Crippen LogP) is -0.682. The summed E-state index contributed by atoms with van der Waals surface area (Å²) in [7, 11) is 0. The van der Waals surface area contributed by atoms with Gasteiger partial charge in [-0.3, -0.25) is 0 Å². The van der Waals surface area contributed by atoms with E-state index >= 15 is 0 Å². The first-order valence-electron chi connectivity index (χ1n) is 2.44. The fraction of sp³-hybridized carbons (Fsp3) is 0.800. The van der Waals surface area contributed by atoms with E-state index in [-0.39, 0.29) is 18.9 Å². The fourth-order valence-corrected chi connectivity index (χ4v) is 2.53. The number of hydrogen-bond acceptors (Lipinski definition) is 0. The molecule has 0 bridgehead atoms. The monoisotopic (exact) mass is 186 g/mol. The molecule has 40 valence electrons. The summed E-state index contributed by atoms with van der Waals surface area (Å²) in [5.74, 6) is 0. The Morgan fingerprint density at radius 2 is 2.00 bits per heavy atom. The molecule has 2 aliphatic carbocycles. The second-order valence-corrected chi connectivity index (χ2v) is 3.66. The molecule has 0 heterocycles. The van der Waals surface area contributed by atoms with Crippen molar-refractivity contribution in [1.82, 2.24) is 0 Å². The van der Waals surface area contributed by atoms with Gasteiger partial charge >= 0.3 is 18.9 Å². The van der Waals surface area contributed by atoms with E-state index in [0.29, 0.717) is 10.8 Å². The summed E-state index contributed by atoms with van der Waals surface area (Å²) in [6.45, 7) is 0. The number of hydrogen-bond donors (Lipinski definition) is 0. The maximum Gasteiger partial charge on any atom is 1.00 e. The first-order chi connectivity index (χ1) is 3.27. The standard InChI is InChI=1S/C5H5BrCl.Li/c6-3-4(7)5(3)1-2-5;/h4H,1-2H2;/q-1;+1. The molecule has 1 unspecified atom stereocenters. The molecule has 1 spiro atoms. The quantitative estimate of drug-likeness (QED) is 0.268. The minimum absolute atomic E-state index is 0. The van der Waals surface area contributed by atoms with Gasteiger partial charge in [0.15, 0.2) is 0 Å². The summed E-state index contributed by atoms with van der Waals surface area (Å²) in [5, 5.41) is 0.382. The molecule has 0 saturated heterocycles. The first-order valence-corrected chi connectivity index (χ1v) is 3.67. The maximum absolute atomic E-state index is 5.81. The summed E-state index contributed by atoms with van der Waals surface area (Å²) in [5.41, 5.74) is 0.515. The summed E-state index contributed by atoms with van der Waals surface area (Å²) >= 11 is 9.22. The minimum Gasteiger partial charge on any atom is -0.315 e. The molecule has 0 nitrogen and oxygen atoms in total. The second-order valence-electron chi connectivity index (χ2n) is 2.37. The van der Waals surface area contributed by atoms with E-state index in [0.717, 1.165) is 0 Å². The van der Waals surface area contributed by atoms with Gasteiger partial charge in [-0.25, -0.2) is 4.83 Å². The first kappa shape index (κ1) is 7.47. The molecule has 0 radical (unpaired) electrons. The Kier molecular flexibility index (Phi) is 1.80. The number of halogens is 2. The van der Waals surface area contributed by atoms with Gasteiger partial charge in [0, 0.05) is 0 Å². The van der Waals surface area contributed by atoms with Crippen molar-refractivity contribution in [3.63, 3.8) is 0 Å². The van der Waals surface area contributed by atoms with Crippen molar-refractivity contribution in [3.05, 3.63) is 4.83 Å². The van der Waals surface area contributed by atoms with Crippen molar-refractivity contribution in [3.8, 4) is 0 Å². The molecule has 2 saturated carbocycles. The Labute approximate surface area is 74.7 Å². The number of alkyl halides is 1. The van der Waals surface area contributed by atoms with Crippen LogP contribution >= 0.6 is 27.5 Å². The average Bonchev–Trinajstić information content (AvgIpc) is 2.47. The Morgan fingerprint density at radius 1 is 1.62 bits per heavy atom. The van der Waals surface area contributed by atoms with Crippen molar-refractivity contribution in [2.45, 2.75) is 18.2 Å². The van der Waals surface area contributed by atoms with Crippen LogP contribution in [0.5, 0.6) is 0 Å². The van der Waals surface area contributed by atoms with Gasteiger partial charge in [-0.15, -0.1) is 0 Å². The molecule has 8 heavy (non-hydrogen) atoms. The third-order valence-corrected chi connectivity index (χ3v) is 4.04. The van der Waals surface area contributed by atoms with Crippen LogP contribution in [0.15, 0.2) is 0 Å². The van der Waals surface area contributed by atoms with E-state index in [1.165, 1.54) is 17.7 Å². The van der Waals surface area contributed by atoms with Crippen LogP contribution in [-0.2, 0) is 0 Å². The molecular weight excluding hydrogens is 182 g/mol. The second kappa shape index (κ2) is 1.92. The van der Waals surface area contributed by atoms with Crippen molar-refractivity contribution < 1.29 is 18.9 Å². The summed E-state index contributed by atoms with van der Waals surface area (Å²) < 4.78 is 0. The van der Waals surface area contributed by atoms with Crippen molar-refractivity contribution >= 4 is 27.5 Å². The molecule has 3 heteroatoms. The molecular formula is C5H5BrClLi. The topological polar surface area (TPSA) is 0 Å². The zero-order valence-corrected chi connectivity index (χ0v) is 7.09. The molecule has 2 rings (SSSR count). The van der Waals surface area contributed by atoms with Crippen LogP contribution in [0.3, 0.4) is 0 Å². The zero-order chi connectivity index (χ0) is 5.07. The van der Waals surface area contributed by atoms with Gasteiger partial charge in [-0.2, -0.15) is 17.0 Å². The maximum atomic E-state index is 5.81. The van der Waals surface area contributed by atoms with Gasteiger partial charge in [0.2, 0.25) is 0 Å². The van der Waals surface area contributed by atoms with Gasteiger partial charge in [-0.1, -0.05) is 18.2 Å². The van der Waals surface area contributed by atoms with Crippen molar-refractivity contribution in [2.75, 3.05) is 0 Å². The summed E-state index contributed by atoms with van der Waals surface area (Å²) in [4.78, 5) is 1.35. The molecule has 0 aromatic heterocycles. The molecule has 0 aromatic rings. The summed E-state index contributed by atoms with van der Waals surface area (Å²) in [6.07, 6.45) is 2.64. The van der Waals surface area contributed by atoms with Gasteiger partial charge in [0.25, 0.3) is 0 Å². The van der Waals surface area contributed by atoms with Crippen LogP contribution in [-0.4, -0.2) is 5.38 Å². The SMILES string of the molecule is ClC1[C-](Br)C12CC2.[Li+]. The molecule has 0 aromatic carbocycles. The fourth-order valence-electron chi connectivity index (χ4n) is 0.963. The van der Waals surface area contributed by atoms with Crippen LogP contribution in [0.2, 0.25) is 0 Å². The van der Waals surface area contributed by atoms with E-state index < -0.39 is 0 Å². The van der Waals surface area contributed by atoms with Crippen LogP contribution in [0, 0.1) is 10.2 Å². The zero-order valence-electron chi connectivity index (χ0n) is 4.75. The van der Waals surface area contributed by atoms with Gasteiger partial charge in [-0.05, 0) is 0 Å². The molecule has 2 aliphatic rings. The van der Waals surface area contributed by atoms with Gasteiger partial charge in [0.1, 0.15) is 0 Å².